The minimum absolute atomic E-state index is 0.0517. The summed E-state index contributed by atoms with van der Waals surface area (Å²) >= 11 is 0. The summed E-state index contributed by atoms with van der Waals surface area (Å²) in [6.07, 6.45) is 2.71. The zero-order valence-corrected chi connectivity index (χ0v) is 14.7. The van der Waals surface area contributed by atoms with Crippen LogP contribution in [0.4, 0.5) is 16.2 Å². The molecule has 6 nitrogen and oxygen atoms in total. The number of nitrogens with zero attached hydrogens (tertiary/aromatic N) is 1. The third-order valence-electron chi connectivity index (χ3n) is 4.56. The number of hydrogen-bond donors (Lipinski definition) is 3. The average Bonchev–Trinajstić information content (AvgIpc) is 3.26. The van der Waals surface area contributed by atoms with Gasteiger partial charge in [0.15, 0.2) is 0 Å². The molecule has 0 spiro atoms. The smallest absolute Gasteiger partial charge is 0.319 e. The Kier molecular flexibility index (Phi) is 4.99. The summed E-state index contributed by atoms with van der Waals surface area (Å²) in [7, 11) is 0. The molecule has 2 aromatic rings. The first-order valence-corrected chi connectivity index (χ1v) is 8.60. The number of anilines is 2. The molecule has 25 heavy (non-hydrogen) atoms. The van der Waals surface area contributed by atoms with E-state index in [0.29, 0.717) is 11.4 Å². The van der Waals surface area contributed by atoms with Crippen molar-refractivity contribution in [3.8, 4) is 0 Å². The van der Waals surface area contributed by atoms with E-state index in [9.17, 15) is 9.90 Å². The first-order chi connectivity index (χ1) is 11.9. The molecule has 1 aromatic heterocycles. The first kappa shape index (κ1) is 17.4. The summed E-state index contributed by atoms with van der Waals surface area (Å²) in [6.45, 7) is 6.07. The number of amides is 2. The van der Waals surface area contributed by atoms with Gasteiger partial charge in [0.1, 0.15) is 11.4 Å². The number of urea groups is 1. The van der Waals surface area contributed by atoms with Gasteiger partial charge in [-0.15, -0.1) is 0 Å². The minimum Gasteiger partial charge on any atom is -0.466 e. The van der Waals surface area contributed by atoms with Gasteiger partial charge in [-0.05, 0) is 55.7 Å². The molecule has 6 heteroatoms. The minimum atomic E-state index is -1.25. The van der Waals surface area contributed by atoms with Crippen LogP contribution >= 0.6 is 0 Å². The second-order valence-electron chi connectivity index (χ2n) is 6.95. The van der Waals surface area contributed by atoms with Crippen LogP contribution in [0.3, 0.4) is 0 Å². The maximum absolute atomic E-state index is 12.0. The topological polar surface area (TPSA) is 77.7 Å². The van der Waals surface area contributed by atoms with E-state index in [1.165, 1.54) is 18.4 Å². The van der Waals surface area contributed by atoms with Gasteiger partial charge in [0.05, 0.1) is 12.8 Å². The van der Waals surface area contributed by atoms with E-state index in [1.54, 1.807) is 19.1 Å². The molecule has 0 unspecified atom stereocenters. The van der Waals surface area contributed by atoms with Crippen LogP contribution in [-0.4, -0.2) is 30.8 Å². The molecule has 134 valence electrons. The SMILES string of the molecule is C[C@@H]1CCN(c2ccc(NC(=O)NC[C@](C)(O)c3ccco3)cc2)C1. The fraction of sp³-hybridized carbons (Fsp3) is 0.421. The number of benzene rings is 1. The molecular weight excluding hydrogens is 318 g/mol. The fourth-order valence-corrected chi connectivity index (χ4v) is 3.02. The largest absolute Gasteiger partial charge is 0.466 e. The van der Waals surface area contributed by atoms with Crippen molar-refractivity contribution < 1.29 is 14.3 Å². The highest BCUT2D eigenvalue weighted by atomic mass is 16.4. The molecule has 3 rings (SSSR count). The van der Waals surface area contributed by atoms with Crippen LogP contribution in [0.1, 0.15) is 26.0 Å². The molecule has 0 bridgehead atoms. The van der Waals surface area contributed by atoms with Gasteiger partial charge in [-0.3, -0.25) is 0 Å². The zero-order valence-electron chi connectivity index (χ0n) is 14.7. The van der Waals surface area contributed by atoms with Gasteiger partial charge >= 0.3 is 6.03 Å². The van der Waals surface area contributed by atoms with Crippen LogP contribution in [0.2, 0.25) is 0 Å². The molecule has 1 saturated heterocycles. The summed E-state index contributed by atoms with van der Waals surface area (Å²) in [5, 5.41) is 15.8. The predicted octanol–water partition coefficient (Wildman–Crippen LogP) is 3.16. The van der Waals surface area contributed by atoms with Crippen molar-refractivity contribution in [3.05, 3.63) is 48.4 Å². The molecule has 2 atom stereocenters. The standard InChI is InChI=1S/C19H25N3O3/c1-14-9-10-22(12-14)16-7-5-15(6-8-16)21-18(23)20-13-19(2,24)17-4-3-11-25-17/h3-8,11,14,24H,9-10,12-13H2,1-2H3,(H2,20,21,23)/t14-,19+/m1/s1. The van der Waals surface area contributed by atoms with Crippen LogP contribution in [0.5, 0.6) is 0 Å². The number of nitrogens with one attached hydrogen (secondary N) is 2. The van der Waals surface area contributed by atoms with E-state index >= 15 is 0 Å². The Balaban J connectivity index is 1.51. The maximum Gasteiger partial charge on any atom is 0.319 e. The molecule has 1 aliphatic heterocycles. The Bertz CT molecular complexity index is 695. The van der Waals surface area contributed by atoms with Gasteiger partial charge in [-0.2, -0.15) is 0 Å². The average molecular weight is 343 g/mol. The Morgan fingerprint density at radius 2 is 2.12 bits per heavy atom. The third-order valence-corrected chi connectivity index (χ3v) is 4.56. The molecule has 2 amide bonds. The number of carbonyl (C=O) groups excluding carboxylic acids is 1. The van der Waals surface area contributed by atoms with Crippen LogP contribution in [0.25, 0.3) is 0 Å². The van der Waals surface area contributed by atoms with Crippen LogP contribution < -0.4 is 15.5 Å². The number of rotatable bonds is 5. The Hall–Kier alpha value is -2.47. The van der Waals surface area contributed by atoms with Gasteiger partial charge < -0.3 is 25.1 Å². The summed E-state index contributed by atoms with van der Waals surface area (Å²) in [4.78, 5) is 14.4. The summed E-state index contributed by atoms with van der Waals surface area (Å²) in [5.74, 6) is 1.14. The molecule has 0 radical (unpaired) electrons. The maximum atomic E-state index is 12.0. The normalized spacial score (nSPS) is 19.5. The lowest BCUT2D eigenvalue weighted by atomic mass is 10.0. The van der Waals surface area contributed by atoms with Crippen LogP contribution in [-0.2, 0) is 5.60 Å². The number of furan rings is 1. The van der Waals surface area contributed by atoms with Crippen molar-refractivity contribution in [1.82, 2.24) is 5.32 Å². The lowest BCUT2D eigenvalue weighted by Gasteiger charge is -2.21. The van der Waals surface area contributed by atoms with E-state index in [-0.39, 0.29) is 12.6 Å². The van der Waals surface area contributed by atoms with Crippen molar-refractivity contribution in [1.29, 1.82) is 0 Å². The highest BCUT2D eigenvalue weighted by Gasteiger charge is 2.26. The second kappa shape index (κ2) is 7.19. The highest BCUT2D eigenvalue weighted by Crippen LogP contribution is 2.25. The number of hydrogen-bond acceptors (Lipinski definition) is 4. The first-order valence-electron chi connectivity index (χ1n) is 8.60. The van der Waals surface area contributed by atoms with Crippen LogP contribution in [0, 0.1) is 5.92 Å². The Morgan fingerprint density at radius 3 is 2.72 bits per heavy atom. The van der Waals surface area contributed by atoms with Gasteiger partial charge in [0.2, 0.25) is 0 Å². The monoisotopic (exact) mass is 343 g/mol. The van der Waals surface area contributed by atoms with E-state index in [0.717, 1.165) is 19.0 Å². The molecule has 1 aliphatic rings. The van der Waals surface area contributed by atoms with E-state index in [4.69, 9.17) is 4.42 Å². The molecule has 0 saturated carbocycles. The third kappa shape index (κ3) is 4.33. The summed E-state index contributed by atoms with van der Waals surface area (Å²) in [6, 6.07) is 10.8. The second-order valence-corrected chi connectivity index (χ2v) is 6.95. The zero-order chi connectivity index (χ0) is 17.9. The van der Waals surface area contributed by atoms with Gasteiger partial charge in [-0.1, -0.05) is 6.92 Å². The molecule has 1 fully saturated rings. The van der Waals surface area contributed by atoms with Crippen molar-refractivity contribution in [2.45, 2.75) is 25.9 Å². The molecule has 0 aliphatic carbocycles. The molecule has 3 N–H and O–H groups in total. The number of carbonyl (C=O) groups is 1. The van der Waals surface area contributed by atoms with Crippen molar-refractivity contribution in [2.24, 2.45) is 5.92 Å². The summed E-state index contributed by atoms with van der Waals surface area (Å²) in [5.41, 5.74) is 0.638. The van der Waals surface area contributed by atoms with Crippen molar-refractivity contribution >= 4 is 17.4 Å². The fourth-order valence-electron chi connectivity index (χ4n) is 3.02. The lowest BCUT2D eigenvalue weighted by Crippen LogP contribution is -2.40. The van der Waals surface area contributed by atoms with Crippen molar-refractivity contribution in [3.63, 3.8) is 0 Å². The van der Waals surface area contributed by atoms with Crippen molar-refractivity contribution in [2.75, 3.05) is 29.9 Å². The molecule has 1 aromatic carbocycles. The summed E-state index contributed by atoms with van der Waals surface area (Å²) < 4.78 is 5.19. The van der Waals surface area contributed by atoms with Crippen LogP contribution in [0.15, 0.2) is 47.1 Å². The lowest BCUT2D eigenvalue weighted by molar-refractivity contribution is 0.0372. The Labute approximate surface area is 147 Å². The van der Waals surface area contributed by atoms with Gasteiger partial charge in [-0.25, -0.2) is 4.79 Å². The Morgan fingerprint density at radius 1 is 1.36 bits per heavy atom. The predicted molar refractivity (Wildman–Crippen MR) is 97.7 cm³/mol. The van der Waals surface area contributed by atoms with E-state index < -0.39 is 5.60 Å². The molecule has 2 heterocycles. The van der Waals surface area contributed by atoms with E-state index in [2.05, 4.69) is 22.5 Å². The van der Waals surface area contributed by atoms with Gasteiger partial charge in [0, 0.05) is 24.5 Å². The number of aliphatic hydroxyl groups is 1. The quantitative estimate of drug-likeness (QED) is 0.779. The highest BCUT2D eigenvalue weighted by molar-refractivity contribution is 5.89. The molecular formula is C19H25N3O3. The van der Waals surface area contributed by atoms with E-state index in [1.807, 2.05) is 24.3 Å². The van der Waals surface area contributed by atoms with Gasteiger partial charge in [0.25, 0.3) is 0 Å².